The predicted molar refractivity (Wildman–Crippen MR) is 135 cm³/mol. The zero-order chi connectivity index (χ0) is 25.6. The van der Waals surface area contributed by atoms with Crippen LogP contribution in [0.25, 0.3) is 11.1 Å². The fourth-order valence-corrected chi connectivity index (χ4v) is 4.80. The Balaban J connectivity index is 1.66. The summed E-state index contributed by atoms with van der Waals surface area (Å²) in [6.45, 7) is 7.28. The van der Waals surface area contributed by atoms with Gasteiger partial charge in [-0.05, 0) is 49.4 Å². The lowest BCUT2D eigenvalue weighted by atomic mass is 9.98. The molecule has 1 atom stereocenters. The molecule has 1 unspecified atom stereocenters. The summed E-state index contributed by atoms with van der Waals surface area (Å²) in [6, 6.07) is 15.8. The fourth-order valence-electron chi connectivity index (χ4n) is 4.80. The number of carboxylic acid groups (broad SMARTS) is 1. The number of fused-ring (bicyclic) bond motifs is 3. The zero-order valence-electron chi connectivity index (χ0n) is 21.0. The molecule has 0 saturated carbocycles. The number of nitrogens with zero attached hydrogens (tertiary/aromatic N) is 1. The maximum Gasteiger partial charge on any atom is 0.407 e. The number of likely N-dealkylation sites (N-methyl/N-ethyl adjacent to an activating group) is 1. The number of carbonyl (C=O) groups excluding carboxylic acids is 2. The molecule has 0 saturated heterocycles. The van der Waals surface area contributed by atoms with Gasteiger partial charge in [-0.2, -0.15) is 0 Å². The van der Waals surface area contributed by atoms with Crippen LogP contribution in [0.5, 0.6) is 0 Å². The van der Waals surface area contributed by atoms with Crippen molar-refractivity contribution < 1.29 is 24.2 Å². The summed E-state index contributed by atoms with van der Waals surface area (Å²) in [5.41, 5.74) is 3.25. The molecule has 0 aliphatic heterocycles. The summed E-state index contributed by atoms with van der Waals surface area (Å²) in [4.78, 5) is 38.8. The lowest BCUT2D eigenvalue weighted by Gasteiger charge is -2.35. The van der Waals surface area contributed by atoms with Gasteiger partial charge in [-0.3, -0.25) is 4.79 Å². The van der Waals surface area contributed by atoms with Crippen molar-refractivity contribution >= 4 is 18.0 Å². The Kier molecular flexibility index (Phi) is 8.54. The lowest BCUT2D eigenvalue weighted by Crippen LogP contribution is -2.54. The molecule has 3 rings (SSSR count). The number of nitrogens with one attached hydrogen (secondary N) is 1. The number of carbonyl (C=O) groups is 3. The van der Waals surface area contributed by atoms with Crippen LogP contribution < -0.4 is 5.32 Å². The fraction of sp³-hybridized carbons (Fsp3) is 0.464. The Labute approximate surface area is 207 Å². The molecule has 0 aromatic heterocycles. The van der Waals surface area contributed by atoms with Gasteiger partial charge in [0, 0.05) is 24.9 Å². The Morgan fingerprint density at radius 1 is 1.03 bits per heavy atom. The number of ether oxygens (including phenoxy) is 1. The Morgan fingerprint density at radius 3 is 2.11 bits per heavy atom. The van der Waals surface area contributed by atoms with Crippen molar-refractivity contribution in [2.75, 3.05) is 13.2 Å². The minimum atomic E-state index is -1.33. The molecule has 1 aliphatic rings. The number of hydrogen-bond acceptors (Lipinski definition) is 4. The summed E-state index contributed by atoms with van der Waals surface area (Å²) >= 11 is 0. The molecule has 7 nitrogen and oxygen atoms in total. The van der Waals surface area contributed by atoms with E-state index in [1.54, 1.807) is 6.92 Å². The third kappa shape index (κ3) is 5.84. The van der Waals surface area contributed by atoms with Crippen LogP contribution >= 0.6 is 0 Å². The van der Waals surface area contributed by atoms with Gasteiger partial charge in [-0.1, -0.05) is 68.3 Å². The number of carboxylic acids is 1. The molecule has 0 fully saturated rings. The van der Waals surface area contributed by atoms with Crippen LogP contribution in [0.1, 0.15) is 70.4 Å². The Morgan fingerprint density at radius 2 is 1.60 bits per heavy atom. The molecule has 0 bridgehead atoms. The lowest BCUT2D eigenvalue weighted by molar-refractivity contribution is -0.156. The van der Waals surface area contributed by atoms with Crippen molar-refractivity contribution in [3.8, 4) is 11.1 Å². The van der Waals surface area contributed by atoms with Gasteiger partial charge in [0.25, 0.3) is 0 Å². The first-order valence-corrected chi connectivity index (χ1v) is 12.4. The minimum absolute atomic E-state index is 0.0226. The van der Waals surface area contributed by atoms with E-state index in [9.17, 15) is 19.5 Å². The molecule has 35 heavy (non-hydrogen) atoms. The van der Waals surface area contributed by atoms with Gasteiger partial charge in [-0.25, -0.2) is 9.59 Å². The largest absolute Gasteiger partial charge is 0.480 e. The average molecular weight is 481 g/mol. The van der Waals surface area contributed by atoms with E-state index in [1.165, 1.54) is 18.7 Å². The second-order valence-electron chi connectivity index (χ2n) is 9.52. The van der Waals surface area contributed by atoms with Crippen molar-refractivity contribution in [3.63, 3.8) is 0 Å². The van der Waals surface area contributed by atoms with Crippen molar-refractivity contribution in [1.82, 2.24) is 10.2 Å². The first-order valence-electron chi connectivity index (χ1n) is 12.4. The van der Waals surface area contributed by atoms with Gasteiger partial charge < -0.3 is 20.1 Å². The molecule has 2 aromatic carbocycles. The van der Waals surface area contributed by atoms with Gasteiger partial charge in [0.05, 0.1) is 0 Å². The Hall–Kier alpha value is -3.35. The molecule has 2 amide bonds. The topological polar surface area (TPSA) is 95.9 Å². The highest BCUT2D eigenvalue weighted by atomic mass is 16.5. The SMILES string of the molecule is CCCCC(CC(=O)N(CC)C(C)(C)C(=O)O)NC(=O)OCC1c2ccccc2-c2ccccc21. The van der Waals surface area contributed by atoms with Crippen molar-refractivity contribution in [2.45, 2.75) is 70.9 Å². The molecule has 188 valence electrons. The van der Waals surface area contributed by atoms with Crippen LogP contribution in [0.2, 0.25) is 0 Å². The number of aliphatic carboxylic acids is 1. The first kappa shape index (κ1) is 26.3. The zero-order valence-corrected chi connectivity index (χ0v) is 21.0. The number of alkyl carbamates (subject to hydrolysis) is 1. The third-order valence-corrected chi connectivity index (χ3v) is 6.81. The smallest absolute Gasteiger partial charge is 0.407 e. The van der Waals surface area contributed by atoms with Crippen LogP contribution in [0.4, 0.5) is 4.79 Å². The second kappa shape index (κ2) is 11.4. The van der Waals surface area contributed by atoms with Crippen LogP contribution in [0.15, 0.2) is 48.5 Å². The summed E-state index contributed by atoms with van der Waals surface area (Å²) < 4.78 is 5.65. The molecular formula is C28H36N2O5. The molecule has 7 heteroatoms. The van der Waals surface area contributed by atoms with Gasteiger partial charge in [0.15, 0.2) is 0 Å². The molecule has 0 spiro atoms. The Bertz CT molecular complexity index is 1020. The van der Waals surface area contributed by atoms with E-state index in [4.69, 9.17) is 4.74 Å². The van der Waals surface area contributed by atoms with E-state index in [0.717, 1.165) is 35.1 Å². The van der Waals surface area contributed by atoms with Crippen LogP contribution in [-0.2, 0) is 14.3 Å². The molecular weight excluding hydrogens is 444 g/mol. The van der Waals surface area contributed by atoms with Crippen LogP contribution in [-0.4, -0.2) is 52.7 Å². The highest BCUT2D eigenvalue weighted by Crippen LogP contribution is 2.44. The predicted octanol–water partition coefficient (Wildman–Crippen LogP) is 5.19. The third-order valence-electron chi connectivity index (χ3n) is 6.81. The highest BCUT2D eigenvalue weighted by Gasteiger charge is 2.37. The van der Waals surface area contributed by atoms with E-state index in [2.05, 4.69) is 29.6 Å². The number of hydrogen-bond donors (Lipinski definition) is 2. The van der Waals surface area contributed by atoms with Crippen molar-refractivity contribution in [2.24, 2.45) is 0 Å². The normalized spacial score (nSPS) is 13.5. The van der Waals surface area contributed by atoms with Crippen molar-refractivity contribution in [3.05, 3.63) is 59.7 Å². The maximum atomic E-state index is 13.0. The summed E-state index contributed by atoms with van der Waals surface area (Å²) in [5, 5.41) is 12.4. The highest BCUT2D eigenvalue weighted by molar-refractivity contribution is 5.87. The molecule has 0 heterocycles. The van der Waals surface area contributed by atoms with Gasteiger partial charge in [0.1, 0.15) is 12.1 Å². The molecule has 2 aromatic rings. The minimum Gasteiger partial charge on any atom is -0.480 e. The monoisotopic (exact) mass is 480 g/mol. The van der Waals surface area contributed by atoms with E-state index in [0.29, 0.717) is 6.42 Å². The number of benzene rings is 2. The van der Waals surface area contributed by atoms with Gasteiger partial charge in [0.2, 0.25) is 5.91 Å². The number of unbranched alkanes of at least 4 members (excludes halogenated alkanes) is 1. The van der Waals surface area contributed by atoms with Crippen LogP contribution in [0.3, 0.4) is 0 Å². The van der Waals surface area contributed by atoms with Gasteiger partial charge >= 0.3 is 12.1 Å². The van der Waals surface area contributed by atoms with E-state index in [1.807, 2.05) is 31.2 Å². The van der Waals surface area contributed by atoms with Crippen LogP contribution in [0, 0.1) is 0 Å². The second-order valence-corrected chi connectivity index (χ2v) is 9.52. The van der Waals surface area contributed by atoms with E-state index in [-0.39, 0.29) is 31.4 Å². The maximum absolute atomic E-state index is 13.0. The number of rotatable bonds is 11. The molecule has 0 radical (unpaired) electrons. The van der Waals surface area contributed by atoms with Crippen molar-refractivity contribution in [1.29, 1.82) is 0 Å². The quantitative estimate of drug-likeness (QED) is 0.462. The van der Waals surface area contributed by atoms with Gasteiger partial charge in [-0.15, -0.1) is 0 Å². The molecule has 1 aliphatic carbocycles. The van der Waals surface area contributed by atoms with E-state index >= 15 is 0 Å². The molecule has 2 N–H and O–H groups in total. The summed E-state index contributed by atoms with van der Waals surface area (Å²) in [6.07, 6.45) is 1.80. The first-order chi connectivity index (χ1) is 16.7. The van der Waals surface area contributed by atoms with E-state index < -0.39 is 23.6 Å². The summed E-state index contributed by atoms with van der Waals surface area (Å²) in [7, 11) is 0. The number of amides is 2. The average Bonchev–Trinajstić information content (AvgIpc) is 3.15. The summed E-state index contributed by atoms with van der Waals surface area (Å²) in [5.74, 6) is -1.42. The standard InChI is InChI=1S/C28H36N2O5/c1-5-7-12-19(17-25(31)30(6-2)28(3,4)26(32)33)29-27(34)35-18-24-22-15-10-8-13-20(22)21-14-9-11-16-23(21)24/h8-11,13-16,19,24H,5-7,12,17-18H2,1-4H3,(H,29,34)(H,32,33).